The number of thioether (sulfide) groups is 1. The number of carbonyl (C=O) groups excluding carboxylic acids is 3. The molecule has 7 nitrogen and oxygen atoms in total. The third kappa shape index (κ3) is 6.82. The molecule has 0 aliphatic heterocycles. The van der Waals surface area contributed by atoms with E-state index in [-0.39, 0.29) is 36.0 Å². The predicted octanol–water partition coefficient (Wildman–Crippen LogP) is 6.45. The van der Waals surface area contributed by atoms with E-state index in [4.69, 9.17) is 4.74 Å². The van der Waals surface area contributed by atoms with Gasteiger partial charge < -0.3 is 19.9 Å². The Morgan fingerprint density at radius 3 is 2.63 bits per heavy atom. The molecule has 0 unspecified atom stereocenters. The zero-order chi connectivity index (χ0) is 28.8. The minimum atomic E-state index is -0.386. The predicted molar refractivity (Wildman–Crippen MR) is 162 cm³/mol. The molecule has 0 radical (unpaired) electrons. The number of aryl methyl sites for hydroxylation is 1. The highest BCUT2D eigenvalue weighted by Gasteiger charge is 2.26. The van der Waals surface area contributed by atoms with E-state index in [1.165, 1.54) is 52.2 Å². The minimum absolute atomic E-state index is 0.180. The first-order valence-corrected chi connectivity index (χ1v) is 15.6. The summed E-state index contributed by atoms with van der Waals surface area (Å²) >= 11 is 2.93. The van der Waals surface area contributed by atoms with Crippen LogP contribution in [0.2, 0.25) is 0 Å². The lowest BCUT2D eigenvalue weighted by Crippen LogP contribution is -2.27. The van der Waals surface area contributed by atoms with Gasteiger partial charge in [-0.3, -0.25) is 9.59 Å². The Balaban J connectivity index is 1.25. The second-order valence-electron chi connectivity index (χ2n) is 9.79. The minimum Gasteiger partial charge on any atom is -0.462 e. The van der Waals surface area contributed by atoms with Gasteiger partial charge in [0.1, 0.15) is 10.8 Å². The highest BCUT2D eigenvalue weighted by atomic mass is 32.2. The number of thiophene rings is 1. The Morgan fingerprint density at radius 2 is 1.83 bits per heavy atom. The second-order valence-corrected chi connectivity index (χ2v) is 11.9. The maximum absolute atomic E-state index is 13.2. The summed E-state index contributed by atoms with van der Waals surface area (Å²) in [7, 11) is 0. The first kappa shape index (κ1) is 28.9. The van der Waals surface area contributed by atoms with Crippen LogP contribution in [0, 0.1) is 5.82 Å². The quantitative estimate of drug-likeness (QED) is 0.125. The van der Waals surface area contributed by atoms with Crippen molar-refractivity contribution >= 4 is 56.8 Å². The van der Waals surface area contributed by atoms with E-state index in [0.29, 0.717) is 29.2 Å². The molecule has 10 heteroatoms. The van der Waals surface area contributed by atoms with Crippen LogP contribution in [-0.4, -0.2) is 41.3 Å². The number of hydrogen-bond acceptors (Lipinski definition) is 6. The lowest BCUT2D eigenvalue weighted by Gasteiger charge is -2.08. The average Bonchev–Trinajstić information content (AvgIpc) is 3.40. The van der Waals surface area contributed by atoms with Gasteiger partial charge in [-0.2, -0.15) is 0 Å². The molecule has 41 heavy (non-hydrogen) atoms. The van der Waals surface area contributed by atoms with Crippen LogP contribution in [0.25, 0.3) is 10.9 Å². The number of halogens is 1. The van der Waals surface area contributed by atoms with Gasteiger partial charge in [-0.25, -0.2) is 9.18 Å². The number of ether oxygens (including phenoxy) is 1. The van der Waals surface area contributed by atoms with Crippen LogP contribution >= 0.6 is 23.1 Å². The highest BCUT2D eigenvalue weighted by Crippen LogP contribution is 2.38. The highest BCUT2D eigenvalue weighted by molar-refractivity contribution is 8.00. The third-order valence-corrected chi connectivity index (χ3v) is 9.26. The normalized spacial score (nSPS) is 12.9. The van der Waals surface area contributed by atoms with Crippen molar-refractivity contribution in [3.8, 4) is 0 Å². The molecule has 1 aliphatic carbocycles. The van der Waals surface area contributed by atoms with Crippen molar-refractivity contribution in [1.29, 1.82) is 0 Å². The van der Waals surface area contributed by atoms with E-state index < -0.39 is 0 Å². The maximum atomic E-state index is 13.2. The second kappa shape index (κ2) is 13.4. The van der Waals surface area contributed by atoms with Crippen LogP contribution < -0.4 is 10.6 Å². The largest absolute Gasteiger partial charge is 0.462 e. The summed E-state index contributed by atoms with van der Waals surface area (Å²) < 4.78 is 20.5. The fourth-order valence-corrected chi connectivity index (χ4v) is 7.24. The summed E-state index contributed by atoms with van der Waals surface area (Å²) in [5, 5.41) is 7.48. The molecular formula is C31H32FN3O4S2. The number of hydrogen-bond donors (Lipinski definition) is 2. The smallest absolute Gasteiger partial charge is 0.341 e. The van der Waals surface area contributed by atoms with Crippen LogP contribution in [0.15, 0.2) is 59.6 Å². The Labute approximate surface area is 246 Å². The number of benzene rings is 2. The number of nitrogens with zero attached hydrogens (tertiary/aromatic N) is 1. The first-order chi connectivity index (χ1) is 19.9. The lowest BCUT2D eigenvalue weighted by atomic mass is 10.1. The summed E-state index contributed by atoms with van der Waals surface area (Å²) in [5.41, 5.74) is 2.95. The number of nitrogens with one attached hydrogen (secondary N) is 2. The molecule has 4 aromatic rings. The molecule has 0 spiro atoms. The van der Waals surface area contributed by atoms with Gasteiger partial charge in [0.2, 0.25) is 5.91 Å². The maximum Gasteiger partial charge on any atom is 0.341 e. The molecule has 1 aliphatic rings. The number of anilines is 1. The fraction of sp³-hybridized carbons (Fsp3) is 0.323. The van der Waals surface area contributed by atoms with Crippen LogP contribution in [0.1, 0.15) is 57.3 Å². The molecule has 5 rings (SSSR count). The molecular weight excluding hydrogens is 561 g/mol. The summed E-state index contributed by atoms with van der Waals surface area (Å²) in [6.07, 6.45) is 6.98. The lowest BCUT2D eigenvalue weighted by molar-refractivity contribution is -0.113. The number of aromatic nitrogens is 1. The van der Waals surface area contributed by atoms with Gasteiger partial charge in [0, 0.05) is 45.5 Å². The van der Waals surface area contributed by atoms with Gasteiger partial charge in [-0.15, -0.1) is 23.1 Å². The number of rotatable bonds is 10. The van der Waals surface area contributed by atoms with Gasteiger partial charge in [0.25, 0.3) is 5.91 Å². The van der Waals surface area contributed by atoms with Crippen LogP contribution in [0.4, 0.5) is 9.39 Å². The number of amides is 2. The van der Waals surface area contributed by atoms with Crippen molar-refractivity contribution in [2.24, 2.45) is 0 Å². The fourth-order valence-electron chi connectivity index (χ4n) is 5.06. The molecule has 2 N–H and O–H groups in total. The van der Waals surface area contributed by atoms with E-state index in [1.807, 2.05) is 30.5 Å². The van der Waals surface area contributed by atoms with Crippen molar-refractivity contribution in [2.45, 2.75) is 50.5 Å². The molecule has 0 saturated heterocycles. The van der Waals surface area contributed by atoms with E-state index in [9.17, 15) is 18.8 Å². The Bertz CT molecular complexity index is 1560. The van der Waals surface area contributed by atoms with E-state index in [0.717, 1.165) is 53.5 Å². The number of fused-ring (bicyclic) bond motifs is 2. The summed E-state index contributed by atoms with van der Waals surface area (Å²) in [4.78, 5) is 40.4. The van der Waals surface area contributed by atoms with Crippen LogP contribution in [0.3, 0.4) is 0 Å². The number of carbonyl (C=O) groups is 3. The summed E-state index contributed by atoms with van der Waals surface area (Å²) in [6.45, 7) is 2.99. The van der Waals surface area contributed by atoms with Crippen molar-refractivity contribution in [3.05, 3.63) is 82.1 Å². The van der Waals surface area contributed by atoms with E-state index >= 15 is 0 Å². The molecule has 0 saturated carbocycles. The Kier molecular flexibility index (Phi) is 9.41. The Morgan fingerprint density at radius 1 is 1.05 bits per heavy atom. The zero-order valence-electron chi connectivity index (χ0n) is 22.8. The summed E-state index contributed by atoms with van der Waals surface area (Å²) in [6, 6.07) is 13.4. The van der Waals surface area contributed by atoms with Crippen molar-refractivity contribution in [3.63, 3.8) is 0 Å². The van der Waals surface area contributed by atoms with Crippen molar-refractivity contribution < 1.29 is 23.5 Å². The first-order valence-electron chi connectivity index (χ1n) is 13.8. The zero-order valence-corrected chi connectivity index (χ0v) is 24.5. The molecule has 214 valence electrons. The van der Waals surface area contributed by atoms with Gasteiger partial charge in [0.05, 0.1) is 17.9 Å². The standard InChI is InChI=1S/C31H32FN3O4S2/c1-2-39-31(38)28-23-9-4-3-5-11-25(23)41-30(28)34-27(36)19-40-26-18-35(24-10-7-6-8-22(24)26)17-16-33-29(37)20-12-14-21(32)15-13-20/h6-8,10,12-15,18H,2-5,9,11,16-17,19H2,1H3,(H,33,37)(H,34,36). The van der Waals surface area contributed by atoms with Gasteiger partial charge in [-0.1, -0.05) is 24.6 Å². The van der Waals surface area contributed by atoms with Crippen molar-refractivity contribution in [1.82, 2.24) is 9.88 Å². The topological polar surface area (TPSA) is 89.4 Å². The Hall–Kier alpha value is -3.63. The molecule has 2 aromatic carbocycles. The summed E-state index contributed by atoms with van der Waals surface area (Å²) in [5.74, 6) is -1.02. The molecule has 2 amide bonds. The van der Waals surface area contributed by atoms with Gasteiger partial charge in [-0.05, 0) is 68.5 Å². The average molecular weight is 594 g/mol. The third-order valence-electron chi connectivity index (χ3n) is 7.01. The molecule has 2 aromatic heterocycles. The SMILES string of the molecule is CCOC(=O)c1c(NC(=O)CSc2cn(CCNC(=O)c3ccc(F)cc3)c3ccccc23)sc2c1CCCCC2. The molecule has 0 atom stereocenters. The van der Waals surface area contributed by atoms with Crippen LogP contribution in [-0.2, 0) is 28.9 Å². The van der Waals surface area contributed by atoms with Gasteiger partial charge in [0.15, 0.2) is 0 Å². The van der Waals surface area contributed by atoms with E-state index in [2.05, 4.69) is 15.2 Å². The van der Waals surface area contributed by atoms with Crippen LogP contribution in [0.5, 0.6) is 0 Å². The molecule has 0 bridgehead atoms. The van der Waals surface area contributed by atoms with Gasteiger partial charge >= 0.3 is 5.97 Å². The van der Waals surface area contributed by atoms with Crippen molar-refractivity contribution in [2.75, 3.05) is 24.2 Å². The van der Waals surface area contributed by atoms with E-state index in [1.54, 1.807) is 6.92 Å². The number of esters is 1. The molecule has 0 fully saturated rings. The monoisotopic (exact) mass is 593 g/mol. The molecule has 2 heterocycles. The number of para-hydroxylation sites is 1.